The van der Waals surface area contributed by atoms with E-state index in [1.165, 1.54) is 10.6 Å². The molecule has 2 aliphatic rings. The summed E-state index contributed by atoms with van der Waals surface area (Å²) in [6.45, 7) is 3.47. The quantitative estimate of drug-likeness (QED) is 0.714. The topological polar surface area (TPSA) is 84.0 Å². The number of esters is 1. The van der Waals surface area contributed by atoms with E-state index < -0.39 is 22.1 Å². The predicted octanol–water partition coefficient (Wildman–Crippen LogP) is 2.35. The molecule has 1 aromatic carbocycles. The summed E-state index contributed by atoms with van der Waals surface area (Å²) in [4.78, 5) is 26.9. The van der Waals surface area contributed by atoms with Gasteiger partial charge in [0.2, 0.25) is 10.0 Å². The molecule has 1 aromatic rings. The second-order valence-electron chi connectivity index (χ2n) is 7.57. The van der Waals surface area contributed by atoms with Crippen molar-refractivity contribution in [1.82, 2.24) is 4.90 Å². The molecule has 0 N–H and O–H groups in total. The first-order chi connectivity index (χ1) is 13.3. The van der Waals surface area contributed by atoms with Gasteiger partial charge in [-0.1, -0.05) is 12.8 Å². The summed E-state index contributed by atoms with van der Waals surface area (Å²) >= 11 is 0. The Hall–Kier alpha value is -2.09. The zero-order valence-electron chi connectivity index (χ0n) is 16.5. The molecule has 7 nitrogen and oxygen atoms in total. The van der Waals surface area contributed by atoms with Gasteiger partial charge in [-0.05, 0) is 56.4 Å². The zero-order chi connectivity index (χ0) is 20.3. The number of benzene rings is 1. The molecule has 0 aromatic heterocycles. The highest BCUT2D eigenvalue weighted by Crippen LogP contribution is 2.30. The molecule has 0 radical (unpaired) electrons. The van der Waals surface area contributed by atoms with Gasteiger partial charge in [0.1, 0.15) is 0 Å². The molecule has 154 valence electrons. The lowest BCUT2D eigenvalue weighted by molar-refractivity contribution is -0.139. The van der Waals surface area contributed by atoms with Crippen LogP contribution in [0.4, 0.5) is 5.69 Å². The largest absolute Gasteiger partial charge is 0.449 e. The van der Waals surface area contributed by atoms with Gasteiger partial charge in [-0.2, -0.15) is 0 Å². The van der Waals surface area contributed by atoms with Crippen LogP contribution >= 0.6 is 0 Å². The van der Waals surface area contributed by atoms with Crippen molar-refractivity contribution >= 4 is 27.6 Å². The van der Waals surface area contributed by atoms with Gasteiger partial charge in [0.05, 0.1) is 17.5 Å². The van der Waals surface area contributed by atoms with Crippen LogP contribution in [0.25, 0.3) is 0 Å². The molecule has 0 unspecified atom stereocenters. The highest BCUT2D eigenvalue weighted by Gasteiger charge is 2.27. The van der Waals surface area contributed by atoms with Crippen LogP contribution < -0.4 is 4.31 Å². The molecule has 2 heterocycles. The van der Waals surface area contributed by atoms with E-state index in [0.29, 0.717) is 43.7 Å². The highest BCUT2D eigenvalue weighted by molar-refractivity contribution is 7.92. The summed E-state index contributed by atoms with van der Waals surface area (Å²) in [5.74, 6) is -0.716. The van der Waals surface area contributed by atoms with Gasteiger partial charge >= 0.3 is 5.97 Å². The fourth-order valence-corrected chi connectivity index (χ4v) is 4.86. The minimum absolute atomic E-state index is 0.156. The fourth-order valence-electron chi connectivity index (χ4n) is 3.86. The Morgan fingerprint density at radius 1 is 1.04 bits per heavy atom. The number of hydrogen-bond donors (Lipinski definition) is 0. The van der Waals surface area contributed by atoms with Crippen molar-refractivity contribution in [2.45, 2.75) is 51.6 Å². The number of carbonyl (C=O) groups is 2. The van der Waals surface area contributed by atoms with Crippen LogP contribution in [-0.4, -0.2) is 57.2 Å². The van der Waals surface area contributed by atoms with Gasteiger partial charge < -0.3 is 9.64 Å². The first-order valence-electron chi connectivity index (χ1n) is 9.88. The zero-order valence-corrected chi connectivity index (χ0v) is 17.3. The first kappa shape index (κ1) is 20.6. The van der Waals surface area contributed by atoms with E-state index in [0.717, 1.165) is 31.2 Å². The summed E-state index contributed by atoms with van der Waals surface area (Å²) < 4.78 is 30.7. The number of fused-ring (bicyclic) bond motifs is 1. The van der Waals surface area contributed by atoms with E-state index in [1.807, 2.05) is 0 Å². The van der Waals surface area contributed by atoms with Crippen molar-refractivity contribution < 1.29 is 22.7 Å². The molecule has 1 fully saturated rings. The Kier molecular flexibility index (Phi) is 6.27. The van der Waals surface area contributed by atoms with Gasteiger partial charge in [-0.15, -0.1) is 0 Å². The lowest BCUT2D eigenvalue weighted by Crippen LogP contribution is -2.40. The monoisotopic (exact) mass is 408 g/mol. The van der Waals surface area contributed by atoms with E-state index in [-0.39, 0.29) is 5.91 Å². The van der Waals surface area contributed by atoms with Crippen molar-refractivity contribution in [3.63, 3.8) is 0 Å². The standard InChI is InChI=1S/C20H28N2O5S/c1-15(19(23)21-11-5-3-4-6-12-21)27-20(24)17-9-10-18-16(14-17)8-7-13-22(18)28(2,25)26/h9-10,14-15H,3-8,11-13H2,1-2H3/t15-/m1/s1. The summed E-state index contributed by atoms with van der Waals surface area (Å²) in [5.41, 5.74) is 1.75. The van der Waals surface area contributed by atoms with Crippen LogP contribution in [0.3, 0.4) is 0 Å². The van der Waals surface area contributed by atoms with E-state index in [1.54, 1.807) is 30.0 Å². The third kappa shape index (κ3) is 4.66. The number of amides is 1. The Morgan fingerprint density at radius 3 is 2.36 bits per heavy atom. The molecule has 0 aliphatic carbocycles. The molecule has 1 saturated heterocycles. The number of rotatable bonds is 4. The van der Waals surface area contributed by atoms with Gasteiger partial charge in [-0.3, -0.25) is 9.10 Å². The number of likely N-dealkylation sites (tertiary alicyclic amines) is 1. The third-order valence-electron chi connectivity index (χ3n) is 5.34. The SMILES string of the molecule is C[C@@H](OC(=O)c1ccc2c(c1)CCCN2S(C)(=O)=O)C(=O)N1CCCCCC1. The Balaban J connectivity index is 1.70. The second kappa shape index (κ2) is 8.51. The molecule has 0 spiro atoms. The predicted molar refractivity (Wildman–Crippen MR) is 107 cm³/mol. The lowest BCUT2D eigenvalue weighted by Gasteiger charge is -2.29. The molecule has 0 bridgehead atoms. The van der Waals surface area contributed by atoms with Crippen LogP contribution in [0.15, 0.2) is 18.2 Å². The summed E-state index contributed by atoms with van der Waals surface area (Å²) in [6, 6.07) is 4.89. The van der Waals surface area contributed by atoms with E-state index in [9.17, 15) is 18.0 Å². The average molecular weight is 409 g/mol. The van der Waals surface area contributed by atoms with Crippen LogP contribution in [0, 0.1) is 0 Å². The Labute approximate surface area is 166 Å². The second-order valence-corrected chi connectivity index (χ2v) is 9.48. The molecule has 1 amide bonds. The maximum atomic E-state index is 12.6. The van der Waals surface area contributed by atoms with Crippen LogP contribution in [0.2, 0.25) is 0 Å². The molecule has 2 aliphatic heterocycles. The molecular weight excluding hydrogens is 380 g/mol. The summed E-state index contributed by atoms with van der Waals surface area (Å²) in [5, 5.41) is 0. The molecule has 0 saturated carbocycles. The number of nitrogens with zero attached hydrogens (tertiary/aromatic N) is 2. The van der Waals surface area contributed by atoms with Gasteiger partial charge in [0, 0.05) is 19.6 Å². The van der Waals surface area contributed by atoms with Crippen molar-refractivity contribution in [3.05, 3.63) is 29.3 Å². The lowest BCUT2D eigenvalue weighted by atomic mass is 10.0. The maximum Gasteiger partial charge on any atom is 0.338 e. The van der Waals surface area contributed by atoms with Crippen molar-refractivity contribution in [2.24, 2.45) is 0 Å². The fraction of sp³-hybridized carbons (Fsp3) is 0.600. The van der Waals surface area contributed by atoms with Crippen molar-refractivity contribution in [1.29, 1.82) is 0 Å². The van der Waals surface area contributed by atoms with E-state index in [2.05, 4.69) is 0 Å². The summed E-state index contributed by atoms with van der Waals surface area (Å²) in [7, 11) is -3.35. The summed E-state index contributed by atoms with van der Waals surface area (Å²) in [6.07, 6.45) is 5.94. The van der Waals surface area contributed by atoms with Gasteiger partial charge in [0.25, 0.3) is 5.91 Å². The minimum Gasteiger partial charge on any atom is -0.449 e. The first-order valence-corrected chi connectivity index (χ1v) is 11.7. The molecular formula is C20H28N2O5S. The van der Waals surface area contributed by atoms with Gasteiger partial charge in [0.15, 0.2) is 6.10 Å². The Bertz CT molecular complexity index is 844. The molecule has 28 heavy (non-hydrogen) atoms. The average Bonchev–Trinajstić information content (AvgIpc) is 2.95. The van der Waals surface area contributed by atoms with Crippen LogP contribution in [0.5, 0.6) is 0 Å². The van der Waals surface area contributed by atoms with Crippen LogP contribution in [-0.2, 0) is 26.0 Å². The number of sulfonamides is 1. The number of anilines is 1. The smallest absolute Gasteiger partial charge is 0.338 e. The molecule has 3 rings (SSSR count). The van der Waals surface area contributed by atoms with E-state index >= 15 is 0 Å². The Morgan fingerprint density at radius 2 is 1.71 bits per heavy atom. The van der Waals surface area contributed by atoms with Gasteiger partial charge in [-0.25, -0.2) is 13.2 Å². The van der Waals surface area contributed by atoms with Crippen molar-refractivity contribution in [2.75, 3.05) is 30.2 Å². The highest BCUT2D eigenvalue weighted by atomic mass is 32.2. The number of aryl methyl sites for hydroxylation is 1. The van der Waals surface area contributed by atoms with E-state index in [4.69, 9.17) is 4.74 Å². The molecule has 1 atom stereocenters. The number of carbonyl (C=O) groups excluding carboxylic acids is 2. The minimum atomic E-state index is -3.35. The molecule has 8 heteroatoms. The van der Waals surface area contributed by atoms with Crippen LogP contribution in [0.1, 0.15) is 54.9 Å². The number of ether oxygens (including phenoxy) is 1. The maximum absolute atomic E-state index is 12.6. The number of hydrogen-bond acceptors (Lipinski definition) is 5. The normalized spacial score (nSPS) is 18.8. The van der Waals surface area contributed by atoms with Crippen molar-refractivity contribution in [3.8, 4) is 0 Å². The third-order valence-corrected chi connectivity index (χ3v) is 6.52.